The third-order valence-electron chi connectivity index (χ3n) is 3.16. The van der Waals surface area contributed by atoms with Crippen LogP contribution in [0.25, 0.3) is 0 Å². The second-order valence-electron chi connectivity index (χ2n) is 4.34. The van der Waals surface area contributed by atoms with Crippen LogP contribution in [0.2, 0.25) is 0 Å². The van der Waals surface area contributed by atoms with Gasteiger partial charge in [-0.05, 0) is 24.6 Å². The van der Waals surface area contributed by atoms with Gasteiger partial charge in [-0.15, -0.1) is 0 Å². The van der Waals surface area contributed by atoms with Gasteiger partial charge < -0.3 is 14.8 Å². The van der Waals surface area contributed by atoms with Crippen molar-refractivity contribution in [1.82, 2.24) is 5.32 Å². The highest BCUT2D eigenvalue weighted by Gasteiger charge is 2.32. The third kappa shape index (κ3) is 2.71. The van der Waals surface area contributed by atoms with Gasteiger partial charge in [-0.3, -0.25) is 0 Å². The topological polar surface area (TPSA) is 64.6 Å². The van der Waals surface area contributed by atoms with Crippen molar-refractivity contribution in [1.29, 1.82) is 0 Å². The van der Waals surface area contributed by atoms with Gasteiger partial charge >= 0.3 is 11.9 Å². The molecule has 0 saturated heterocycles. The molecule has 0 saturated carbocycles. The summed E-state index contributed by atoms with van der Waals surface area (Å²) in [6.07, 6.45) is 7.37. The number of ether oxygens (including phenoxy) is 2. The fourth-order valence-electron chi connectivity index (χ4n) is 2.19. The average molecular weight is 352 g/mol. The highest BCUT2D eigenvalue weighted by Crippen LogP contribution is 2.36. The van der Waals surface area contributed by atoms with Crippen LogP contribution in [0.3, 0.4) is 0 Å². The second-order valence-corrected chi connectivity index (χ2v) is 5.19. The molecule has 1 N–H and O–H groups in total. The van der Waals surface area contributed by atoms with Gasteiger partial charge in [0.1, 0.15) is 5.70 Å². The van der Waals surface area contributed by atoms with Crippen molar-refractivity contribution in [2.24, 2.45) is 0 Å². The molecule has 1 aliphatic heterocycles. The quantitative estimate of drug-likeness (QED) is 0.773. The van der Waals surface area contributed by atoms with Crippen LogP contribution < -0.4 is 5.32 Å². The number of nitrogens with one attached hydrogen (secondary N) is 1. The minimum absolute atomic E-state index is 0.0763. The van der Waals surface area contributed by atoms with E-state index in [-0.39, 0.29) is 11.3 Å². The van der Waals surface area contributed by atoms with Crippen molar-refractivity contribution in [2.75, 3.05) is 14.2 Å². The summed E-state index contributed by atoms with van der Waals surface area (Å²) in [5, 5.41) is 2.96. The summed E-state index contributed by atoms with van der Waals surface area (Å²) in [5.41, 5.74) is 2.39. The first kappa shape index (κ1) is 15.3. The molecule has 0 aromatic rings. The van der Waals surface area contributed by atoms with Crippen LogP contribution in [0.15, 0.2) is 56.9 Å². The Morgan fingerprint density at radius 1 is 1.10 bits per heavy atom. The second kappa shape index (κ2) is 6.13. The van der Waals surface area contributed by atoms with Gasteiger partial charge in [-0.25, -0.2) is 9.59 Å². The van der Waals surface area contributed by atoms with Crippen molar-refractivity contribution in [3.63, 3.8) is 0 Å². The molecule has 2 rings (SSSR count). The van der Waals surface area contributed by atoms with E-state index in [0.29, 0.717) is 11.3 Å². The first-order valence-electron chi connectivity index (χ1n) is 6.15. The van der Waals surface area contributed by atoms with E-state index in [1.165, 1.54) is 14.2 Å². The lowest BCUT2D eigenvalue weighted by Gasteiger charge is -2.25. The molecule has 1 heterocycles. The first-order valence-corrected chi connectivity index (χ1v) is 6.94. The van der Waals surface area contributed by atoms with Gasteiger partial charge in [0, 0.05) is 15.8 Å². The molecule has 0 bridgehead atoms. The van der Waals surface area contributed by atoms with E-state index in [1.807, 2.05) is 24.3 Å². The van der Waals surface area contributed by atoms with Gasteiger partial charge in [0.2, 0.25) is 0 Å². The number of carbonyl (C=O) groups excluding carboxylic acids is 2. The van der Waals surface area contributed by atoms with E-state index in [2.05, 4.69) is 21.2 Å². The molecule has 0 amide bonds. The van der Waals surface area contributed by atoms with Crippen molar-refractivity contribution >= 4 is 27.9 Å². The number of esters is 2. The molecule has 1 aliphatic carbocycles. The summed E-state index contributed by atoms with van der Waals surface area (Å²) in [5.74, 6) is -1.22. The molecule has 0 aromatic heterocycles. The molecular formula is C15H14BrNO4. The molecule has 0 radical (unpaired) electrons. The molecule has 0 unspecified atom stereocenters. The number of halogens is 1. The van der Waals surface area contributed by atoms with E-state index in [1.54, 1.807) is 6.92 Å². The Morgan fingerprint density at radius 2 is 1.71 bits per heavy atom. The van der Waals surface area contributed by atoms with Gasteiger partial charge in [-0.2, -0.15) is 0 Å². The van der Waals surface area contributed by atoms with Crippen LogP contribution in [0.5, 0.6) is 0 Å². The number of hydrogen-bond acceptors (Lipinski definition) is 5. The molecule has 0 atom stereocenters. The van der Waals surface area contributed by atoms with Crippen molar-refractivity contribution in [3.05, 3.63) is 56.9 Å². The zero-order valence-corrected chi connectivity index (χ0v) is 13.4. The van der Waals surface area contributed by atoms with Crippen molar-refractivity contribution in [2.45, 2.75) is 6.92 Å². The molecule has 5 nitrogen and oxygen atoms in total. The predicted molar refractivity (Wildman–Crippen MR) is 81.1 cm³/mol. The summed E-state index contributed by atoms with van der Waals surface area (Å²) in [6, 6.07) is 0. The molecule has 0 aromatic carbocycles. The third-order valence-corrected chi connectivity index (χ3v) is 3.82. The summed E-state index contributed by atoms with van der Waals surface area (Å²) >= 11 is 3.47. The molecule has 21 heavy (non-hydrogen) atoms. The zero-order chi connectivity index (χ0) is 15.6. The summed E-state index contributed by atoms with van der Waals surface area (Å²) in [4.78, 5) is 24.0. The number of allylic oxidation sites excluding steroid dienone is 5. The SMILES string of the molecule is COC(=O)C1=C(C(=O)OC)C(C)=C2C(Br)=CC=CC=C2N1. The maximum Gasteiger partial charge on any atom is 0.355 e. The Labute approximate surface area is 130 Å². The first-order chi connectivity index (χ1) is 10.0. The number of hydrogen-bond donors (Lipinski definition) is 1. The Hall–Kier alpha value is -2.08. The number of carbonyl (C=O) groups is 2. The molecule has 6 heteroatoms. The largest absolute Gasteiger partial charge is 0.465 e. The number of dihydropyridines is 1. The van der Waals surface area contributed by atoms with E-state index in [4.69, 9.17) is 9.47 Å². The summed E-state index contributed by atoms with van der Waals surface area (Å²) < 4.78 is 10.3. The van der Waals surface area contributed by atoms with Crippen LogP contribution in [-0.4, -0.2) is 26.2 Å². The number of methoxy groups -OCH3 is 2. The van der Waals surface area contributed by atoms with Crippen LogP contribution >= 0.6 is 15.9 Å². The van der Waals surface area contributed by atoms with Crippen LogP contribution in [0, 0.1) is 0 Å². The number of rotatable bonds is 2. The fraction of sp³-hybridized carbons (Fsp3) is 0.200. The van der Waals surface area contributed by atoms with Crippen LogP contribution in [0.4, 0.5) is 0 Å². The minimum atomic E-state index is -0.622. The Kier molecular flexibility index (Phi) is 4.47. The van der Waals surface area contributed by atoms with Crippen molar-refractivity contribution < 1.29 is 19.1 Å². The maximum atomic E-state index is 12.0. The minimum Gasteiger partial charge on any atom is -0.465 e. The lowest BCUT2D eigenvalue weighted by Crippen LogP contribution is -2.31. The monoisotopic (exact) mass is 351 g/mol. The predicted octanol–water partition coefficient (Wildman–Crippen LogP) is 2.24. The molecule has 2 aliphatic rings. The highest BCUT2D eigenvalue weighted by atomic mass is 79.9. The summed E-state index contributed by atoms with van der Waals surface area (Å²) in [7, 11) is 2.53. The van der Waals surface area contributed by atoms with Crippen molar-refractivity contribution in [3.8, 4) is 0 Å². The van der Waals surface area contributed by atoms with Gasteiger partial charge in [0.15, 0.2) is 0 Å². The fourth-order valence-corrected chi connectivity index (χ4v) is 2.86. The van der Waals surface area contributed by atoms with Crippen LogP contribution in [0.1, 0.15) is 6.92 Å². The average Bonchev–Trinajstić information content (AvgIpc) is 2.67. The molecule has 0 spiro atoms. The van der Waals surface area contributed by atoms with E-state index < -0.39 is 11.9 Å². The lowest BCUT2D eigenvalue weighted by atomic mass is 9.93. The lowest BCUT2D eigenvalue weighted by molar-refractivity contribution is -0.139. The maximum absolute atomic E-state index is 12.0. The molecule has 110 valence electrons. The smallest absolute Gasteiger partial charge is 0.355 e. The van der Waals surface area contributed by atoms with Crippen LogP contribution in [-0.2, 0) is 19.1 Å². The normalized spacial score (nSPS) is 17.3. The van der Waals surface area contributed by atoms with E-state index in [9.17, 15) is 9.59 Å². The van der Waals surface area contributed by atoms with E-state index >= 15 is 0 Å². The van der Waals surface area contributed by atoms with Gasteiger partial charge in [-0.1, -0.05) is 28.1 Å². The Balaban J connectivity index is 2.71. The summed E-state index contributed by atoms with van der Waals surface area (Å²) in [6.45, 7) is 1.76. The Bertz CT molecular complexity index is 665. The Morgan fingerprint density at radius 3 is 2.33 bits per heavy atom. The molecule has 0 fully saturated rings. The van der Waals surface area contributed by atoms with E-state index in [0.717, 1.165) is 10.1 Å². The standard InChI is InChI=1S/C15H14BrNO4/c1-8-11-9(16)6-4-5-7-10(11)17-13(15(19)21-3)12(8)14(18)20-2/h4-7,17H,1-3H3. The van der Waals surface area contributed by atoms with Gasteiger partial charge in [0.05, 0.1) is 19.8 Å². The zero-order valence-electron chi connectivity index (χ0n) is 11.8. The number of fused-ring (bicyclic) bond motifs is 1. The van der Waals surface area contributed by atoms with Gasteiger partial charge in [0.25, 0.3) is 0 Å². The molecular weight excluding hydrogens is 338 g/mol. The highest BCUT2D eigenvalue weighted by molar-refractivity contribution is 9.12.